The minimum Gasteiger partial charge on any atom is -0.496 e. The van der Waals surface area contributed by atoms with Crippen LogP contribution in [0, 0.1) is 17.0 Å². The average molecular weight is 300 g/mol. The molecule has 2 N–H and O–H groups in total. The normalized spacial score (nSPS) is 12.0. The predicted molar refractivity (Wildman–Crippen MR) is 86.2 cm³/mol. The van der Waals surface area contributed by atoms with Crippen molar-refractivity contribution < 1.29 is 9.66 Å². The maximum Gasteiger partial charge on any atom is 0.269 e. The monoisotopic (exact) mass is 300 g/mol. The van der Waals surface area contributed by atoms with Gasteiger partial charge in [0.15, 0.2) is 0 Å². The zero-order valence-corrected chi connectivity index (χ0v) is 13.0. The van der Waals surface area contributed by atoms with Gasteiger partial charge < -0.3 is 10.5 Å². The van der Waals surface area contributed by atoms with E-state index in [4.69, 9.17) is 10.5 Å². The van der Waals surface area contributed by atoms with E-state index in [1.54, 1.807) is 19.2 Å². The van der Waals surface area contributed by atoms with E-state index in [-0.39, 0.29) is 5.69 Å². The maximum absolute atomic E-state index is 11.0. The molecule has 1 atom stereocenters. The fourth-order valence-corrected chi connectivity index (χ4v) is 2.52. The first-order valence-electron chi connectivity index (χ1n) is 7.15. The lowest BCUT2D eigenvalue weighted by Gasteiger charge is -2.17. The predicted octanol–water partition coefficient (Wildman–Crippen LogP) is 3.52. The van der Waals surface area contributed by atoms with Crippen molar-refractivity contribution in [2.24, 2.45) is 5.73 Å². The Balaban J connectivity index is 2.49. The smallest absolute Gasteiger partial charge is 0.269 e. The summed E-state index contributed by atoms with van der Waals surface area (Å²) >= 11 is 0. The van der Waals surface area contributed by atoms with Crippen molar-refractivity contribution in [2.75, 3.05) is 7.11 Å². The standard InChI is InChI=1S/C17H20N2O3/c1-4-12-7-8-14(19(20)21)10-15(12)17(18)13-6-5-11(2)16(9-13)22-3/h5-10,17H,4,18H2,1-3H3. The van der Waals surface area contributed by atoms with Gasteiger partial charge in [-0.2, -0.15) is 0 Å². The molecule has 2 aromatic rings. The van der Waals surface area contributed by atoms with Gasteiger partial charge in [-0.25, -0.2) is 0 Å². The Morgan fingerprint density at radius 1 is 1.27 bits per heavy atom. The maximum atomic E-state index is 11.0. The highest BCUT2D eigenvalue weighted by atomic mass is 16.6. The summed E-state index contributed by atoms with van der Waals surface area (Å²) in [5.41, 5.74) is 10.1. The summed E-state index contributed by atoms with van der Waals surface area (Å²) in [6, 6.07) is 10.2. The summed E-state index contributed by atoms with van der Waals surface area (Å²) in [5.74, 6) is 0.761. The van der Waals surface area contributed by atoms with Crippen LogP contribution in [0.2, 0.25) is 0 Å². The Kier molecular flexibility index (Phi) is 4.78. The average Bonchev–Trinajstić information content (AvgIpc) is 2.53. The van der Waals surface area contributed by atoms with Gasteiger partial charge in [-0.05, 0) is 41.7 Å². The summed E-state index contributed by atoms with van der Waals surface area (Å²) in [7, 11) is 1.61. The molecule has 0 saturated heterocycles. The molecular formula is C17H20N2O3. The number of hydrogen-bond donors (Lipinski definition) is 1. The van der Waals surface area contributed by atoms with Crippen molar-refractivity contribution in [3.63, 3.8) is 0 Å². The second kappa shape index (κ2) is 6.58. The lowest BCUT2D eigenvalue weighted by atomic mass is 9.93. The molecule has 0 bridgehead atoms. The van der Waals surface area contributed by atoms with E-state index in [9.17, 15) is 10.1 Å². The van der Waals surface area contributed by atoms with Gasteiger partial charge in [0, 0.05) is 12.1 Å². The van der Waals surface area contributed by atoms with Crippen LogP contribution >= 0.6 is 0 Å². The summed E-state index contributed by atoms with van der Waals surface area (Å²) < 4.78 is 5.33. The van der Waals surface area contributed by atoms with Crippen molar-refractivity contribution in [1.82, 2.24) is 0 Å². The van der Waals surface area contributed by atoms with E-state index in [0.717, 1.165) is 34.4 Å². The van der Waals surface area contributed by atoms with E-state index in [1.807, 2.05) is 32.0 Å². The number of ether oxygens (including phenoxy) is 1. The lowest BCUT2D eigenvalue weighted by molar-refractivity contribution is -0.384. The largest absolute Gasteiger partial charge is 0.496 e. The number of benzene rings is 2. The van der Waals surface area contributed by atoms with Gasteiger partial charge in [-0.15, -0.1) is 0 Å². The molecule has 5 nitrogen and oxygen atoms in total. The van der Waals surface area contributed by atoms with Gasteiger partial charge in [-0.1, -0.05) is 25.1 Å². The molecule has 0 fully saturated rings. The van der Waals surface area contributed by atoms with E-state index < -0.39 is 11.0 Å². The molecule has 116 valence electrons. The van der Waals surface area contributed by atoms with Gasteiger partial charge in [-0.3, -0.25) is 10.1 Å². The molecule has 1 unspecified atom stereocenters. The highest BCUT2D eigenvalue weighted by Gasteiger charge is 2.17. The first kappa shape index (κ1) is 16.0. The van der Waals surface area contributed by atoms with Gasteiger partial charge in [0.25, 0.3) is 5.69 Å². The highest BCUT2D eigenvalue weighted by molar-refractivity contribution is 5.47. The Morgan fingerprint density at radius 3 is 2.59 bits per heavy atom. The lowest BCUT2D eigenvalue weighted by Crippen LogP contribution is -2.14. The number of hydrogen-bond acceptors (Lipinski definition) is 4. The minimum absolute atomic E-state index is 0.0572. The number of nitro benzene ring substituents is 1. The Labute approximate surface area is 129 Å². The van der Waals surface area contributed by atoms with Crippen LogP contribution in [0.15, 0.2) is 36.4 Å². The van der Waals surface area contributed by atoms with Crippen molar-refractivity contribution in [3.05, 3.63) is 68.8 Å². The third-order valence-electron chi connectivity index (χ3n) is 3.85. The molecule has 0 aliphatic carbocycles. The van der Waals surface area contributed by atoms with Gasteiger partial charge in [0.2, 0.25) is 0 Å². The van der Waals surface area contributed by atoms with Gasteiger partial charge >= 0.3 is 0 Å². The molecule has 0 saturated carbocycles. The fraction of sp³-hybridized carbons (Fsp3) is 0.294. The van der Waals surface area contributed by atoms with Crippen LogP contribution in [0.3, 0.4) is 0 Å². The molecule has 0 amide bonds. The van der Waals surface area contributed by atoms with Gasteiger partial charge in [0.05, 0.1) is 18.1 Å². The van der Waals surface area contributed by atoms with Crippen LogP contribution in [0.4, 0.5) is 5.69 Å². The molecule has 0 radical (unpaired) electrons. The van der Waals surface area contributed by atoms with Gasteiger partial charge in [0.1, 0.15) is 5.75 Å². The van der Waals surface area contributed by atoms with E-state index in [0.29, 0.717) is 0 Å². The zero-order valence-electron chi connectivity index (χ0n) is 13.0. The highest BCUT2D eigenvalue weighted by Crippen LogP contribution is 2.30. The van der Waals surface area contributed by atoms with Crippen LogP contribution in [0.1, 0.15) is 35.2 Å². The van der Waals surface area contributed by atoms with Crippen LogP contribution < -0.4 is 10.5 Å². The summed E-state index contributed by atoms with van der Waals surface area (Å²) in [4.78, 5) is 10.6. The number of nitrogens with zero attached hydrogens (tertiary/aromatic N) is 1. The number of methoxy groups -OCH3 is 1. The quantitative estimate of drug-likeness (QED) is 0.677. The number of non-ortho nitro benzene ring substituents is 1. The van der Waals surface area contributed by atoms with E-state index in [2.05, 4.69) is 0 Å². The van der Waals surface area contributed by atoms with E-state index in [1.165, 1.54) is 6.07 Å². The summed E-state index contributed by atoms with van der Waals surface area (Å²) in [6.07, 6.45) is 0.768. The molecular weight excluding hydrogens is 280 g/mol. The molecule has 0 aliphatic rings. The fourth-order valence-electron chi connectivity index (χ4n) is 2.52. The topological polar surface area (TPSA) is 78.4 Å². The second-order valence-corrected chi connectivity index (χ2v) is 5.20. The number of nitrogens with two attached hydrogens (primary N) is 1. The van der Waals surface area contributed by atoms with Crippen LogP contribution in [0.25, 0.3) is 0 Å². The summed E-state index contributed by atoms with van der Waals surface area (Å²) in [5, 5.41) is 11.0. The number of nitro groups is 1. The molecule has 0 spiro atoms. The second-order valence-electron chi connectivity index (χ2n) is 5.20. The third kappa shape index (κ3) is 3.09. The molecule has 0 aliphatic heterocycles. The molecule has 2 rings (SSSR count). The summed E-state index contributed by atoms with van der Waals surface area (Å²) in [6.45, 7) is 3.96. The van der Waals surface area contributed by atoms with E-state index >= 15 is 0 Å². The Hall–Kier alpha value is -2.40. The first-order chi connectivity index (χ1) is 10.5. The van der Waals surface area contributed by atoms with Crippen molar-refractivity contribution >= 4 is 5.69 Å². The number of aryl methyl sites for hydroxylation is 2. The molecule has 22 heavy (non-hydrogen) atoms. The third-order valence-corrected chi connectivity index (χ3v) is 3.85. The van der Waals surface area contributed by atoms with Crippen LogP contribution in [0.5, 0.6) is 5.75 Å². The Morgan fingerprint density at radius 2 is 2.00 bits per heavy atom. The van der Waals surface area contributed by atoms with Crippen LogP contribution in [-0.2, 0) is 6.42 Å². The first-order valence-corrected chi connectivity index (χ1v) is 7.15. The minimum atomic E-state index is -0.427. The zero-order chi connectivity index (χ0) is 16.3. The SMILES string of the molecule is CCc1ccc([N+](=O)[O-])cc1C(N)c1ccc(C)c(OC)c1. The Bertz CT molecular complexity index is 698. The molecule has 0 heterocycles. The number of rotatable bonds is 5. The molecule has 5 heteroatoms. The molecule has 0 aromatic heterocycles. The van der Waals surface area contributed by atoms with Crippen molar-refractivity contribution in [1.29, 1.82) is 0 Å². The van der Waals surface area contributed by atoms with Crippen molar-refractivity contribution in [3.8, 4) is 5.75 Å². The molecule has 2 aromatic carbocycles. The van der Waals surface area contributed by atoms with Crippen molar-refractivity contribution in [2.45, 2.75) is 26.3 Å². The van der Waals surface area contributed by atoms with Crippen LogP contribution in [-0.4, -0.2) is 12.0 Å².